The first-order valence-electron chi connectivity index (χ1n) is 6.89. The molecule has 0 bridgehead atoms. The highest BCUT2D eigenvalue weighted by Crippen LogP contribution is 2.15. The SMILES string of the molecule is CCCCCSCCS(=O)(=O)c1ccc(/C(N)=N/O)cc1. The Morgan fingerprint density at radius 3 is 2.48 bits per heavy atom. The van der Waals surface area contributed by atoms with Gasteiger partial charge in [0.2, 0.25) is 0 Å². The minimum Gasteiger partial charge on any atom is -0.409 e. The standard InChI is InChI=1S/C14H22N2O3S2/c1-2-3-4-9-20-10-11-21(18,19)13-7-5-12(6-8-13)14(15)16-17/h5-8,17H,2-4,9-11H2,1H3,(H2,15,16). The van der Waals surface area contributed by atoms with E-state index in [2.05, 4.69) is 12.1 Å². The number of unbranched alkanes of at least 4 members (excludes halogenated alkanes) is 2. The number of amidine groups is 1. The quantitative estimate of drug-likeness (QED) is 0.238. The van der Waals surface area contributed by atoms with E-state index in [0.717, 1.165) is 12.2 Å². The van der Waals surface area contributed by atoms with Crippen LogP contribution in [0.5, 0.6) is 0 Å². The van der Waals surface area contributed by atoms with Gasteiger partial charge in [0.15, 0.2) is 15.7 Å². The molecule has 0 saturated heterocycles. The summed E-state index contributed by atoms with van der Waals surface area (Å²) in [6, 6.07) is 6.06. The molecule has 0 heterocycles. The minimum atomic E-state index is -3.27. The van der Waals surface area contributed by atoms with Gasteiger partial charge < -0.3 is 10.9 Å². The first-order chi connectivity index (χ1) is 10.0. The summed E-state index contributed by atoms with van der Waals surface area (Å²) in [6.07, 6.45) is 3.50. The van der Waals surface area contributed by atoms with Gasteiger partial charge in [0.05, 0.1) is 10.6 Å². The molecular weight excluding hydrogens is 308 g/mol. The Bertz CT molecular complexity index is 554. The second kappa shape index (κ2) is 8.94. The average molecular weight is 330 g/mol. The number of oxime groups is 1. The lowest BCUT2D eigenvalue weighted by Crippen LogP contribution is -2.14. The Morgan fingerprint density at radius 1 is 1.24 bits per heavy atom. The molecule has 3 N–H and O–H groups in total. The van der Waals surface area contributed by atoms with Crippen LogP contribution in [-0.2, 0) is 9.84 Å². The van der Waals surface area contributed by atoms with Gasteiger partial charge in [0.1, 0.15) is 0 Å². The third-order valence-corrected chi connectivity index (χ3v) is 6.07. The maximum Gasteiger partial charge on any atom is 0.179 e. The molecule has 0 unspecified atom stereocenters. The summed E-state index contributed by atoms with van der Waals surface area (Å²) in [5.74, 6) is 1.71. The van der Waals surface area contributed by atoms with Crippen molar-refractivity contribution in [2.75, 3.05) is 17.3 Å². The third-order valence-electron chi connectivity index (χ3n) is 3.01. The third kappa shape index (κ3) is 5.97. The van der Waals surface area contributed by atoms with E-state index in [1.807, 2.05) is 0 Å². The van der Waals surface area contributed by atoms with Gasteiger partial charge in [-0.1, -0.05) is 24.9 Å². The molecular formula is C14H22N2O3S2. The van der Waals surface area contributed by atoms with Crippen LogP contribution in [0.25, 0.3) is 0 Å². The zero-order valence-electron chi connectivity index (χ0n) is 12.2. The van der Waals surface area contributed by atoms with Crippen LogP contribution in [0.2, 0.25) is 0 Å². The highest BCUT2D eigenvalue weighted by molar-refractivity contribution is 8.00. The largest absolute Gasteiger partial charge is 0.409 e. The fraction of sp³-hybridized carbons (Fsp3) is 0.500. The van der Waals surface area contributed by atoms with Gasteiger partial charge >= 0.3 is 0 Å². The number of hydrogen-bond donors (Lipinski definition) is 2. The molecule has 21 heavy (non-hydrogen) atoms. The van der Waals surface area contributed by atoms with Gasteiger partial charge in [0, 0.05) is 11.3 Å². The van der Waals surface area contributed by atoms with Crippen LogP contribution in [-0.4, -0.2) is 36.7 Å². The molecule has 5 nitrogen and oxygen atoms in total. The number of hydrogen-bond acceptors (Lipinski definition) is 5. The van der Waals surface area contributed by atoms with Crippen LogP contribution < -0.4 is 5.73 Å². The van der Waals surface area contributed by atoms with Crippen LogP contribution in [0.4, 0.5) is 0 Å². The molecule has 0 aliphatic carbocycles. The van der Waals surface area contributed by atoms with Crippen molar-refractivity contribution < 1.29 is 13.6 Å². The van der Waals surface area contributed by atoms with Crippen molar-refractivity contribution in [2.24, 2.45) is 10.9 Å². The second-order valence-electron chi connectivity index (χ2n) is 4.65. The molecule has 0 fully saturated rings. The maximum atomic E-state index is 12.1. The van der Waals surface area contributed by atoms with Gasteiger partial charge in [-0.05, 0) is 36.4 Å². The lowest BCUT2D eigenvalue weighted by Gasteiger charge is -2.06. The molecule has 0 atom stereocenters. The Hall–Kier alpha value is -1.21. The number of thioether (sulfide) groups is 1. The van der Waals surface area contributed by atoms with Crippen molar-refractivity contribution in [1.82, 2.24) is 0 Å². The summed E-state index contributed by atoms with van der Waals surface area (Å²) in [5.41, 5.74) is 5.93. The van der Waals surface area contributed by atoms with Crippen molar-refractivity contribution in [2.45, 2.75) is 31.1 Å². The van der Waals surface area contributed by atoms with Crippen molar-refractivity contribution in [3.8, 4) is 0 Å². The topological polar surface area (TPSA) is 92.8 Å². The second-order valence-corrected chi connectivity index (χ2v) is 7.98. The Morgan fingerprint density at radius 2 is 1.90 bits per heavy atom. The van der Waals surface area contributed by atoms with Crippen LogP contribution in [0, 0.1) is 0 Å². The number of nitrogens with zero attached hydrogens (tertiary/aromatic N) is 1. The van der Waals surface area contributed by atoms with Gasteiger partial charge in [-0.2, -0.15) is 11.8 Å². The van der Waals surface area contributed by atoms with Crippen molar-refractivity contribution >= 4 is 27.4 Å². The molecule has 0 aromatic heterocycles. The predicted octanol–water partition coefficient (Wildman–Crippen LogP) is 2.48. The lowest BCUT2D eigenvalue weighted by atomic mass is 10.2. The number of benzene rings is 1. The zero-order chi connectivity index (χ0) is 15.7. The van der Waals surface area contributed by atoms with E-state index in [9.17, 15) is 8.42 Å². The first kappa shape index (κ1) is 17.8. The first-order valence-corrected chi connectivity index (χ1v) is 9.70. The molecule has 1 aromatic carbocycles. The number of nitrogens with two attached hydrogens (primary N) is 1. The highest BCUT2D eigenvalue weighted by Gasteiger charge is 2.14. The van der Waals surface area contributed by atoms with Gasteiger partial charge in [-0.3, -0.25) is 0 Å². The molecule has 118 valence electrons. The molecule has 0 amide bonds. The predicted molar refractivity (Wildman–Crippen MR) is 87.9 cm³/mol. The Labute approximate surface area is 130 Å². The summed E-state index contributed by atoms with van der Waals surface area (Å²) in [6.45, 7) is 2.15. The van der Waals surface area contributed by atoms with Crippen molar-refractivity contribution in [1.29, 1.82) is 0 Å². The fourth-order valence-corrected chi connectivity index (χ4v) is 4.48. The maximum absolute atomic E-state index is 12.1. The van der Waals surface area contributed by atoms with Crippen molar-refractivity contribution in [3.63, 3.8) is 0 Å². The summed E-state index contributed by atoms with van der Waals surface area (Å²) in [4.78, 5) is 0.270. The van der Waals surface area contributed by atoms with E-state index in [4.69, 9.17) is 10.9 Å². The highest BCUT2D eigenvalue weighted by atomic mass is 32.2. The van der Waals surface area contributed by atoms with Gasteiger partial charge in [-0.15, -0.1) is 0 Å². The van der Waals surface area contributed by atoms with Crippen LogP contribution in [0.15, 0.2) is 34.3 Å². The molecule has 0 spiro atoms. The van der Waals surface area contributed by atoms with E-state index in [0.29, 0.717) is 11.3 Å². The summed E-state index contributed by atoms with van der Waals surface area (Å²) in [7, 11) is -3.27. The molecule has 0 saturated carbocycles. The van der Waals surface area contributed by atoms with Gasteiger partial charge in [-0.25, -0.2) is 8.42 Å². The van der Waals surface area contributed by atoms with E-state index in [1.54, 1.807) is 11.8 Å². The van der Waals surface area contributed by atoms with E-state index >= 15 is 0 Å². The van der Waals surface area contributed by atoms with Crippen LogP contribution in [0.3, 0.4) is 0 Å². The Kier molecular flexibility index (Phi) is 7.60. The normalized spacial score (nSPS) is 12.5. The molecule has 1 aromatic rings. The van der Waals surface area contributed by atoms with E-state index in [-0.39, 0.29) is 16.5 Å². The van der Waals surface area contributed by atoms with Crippen molar-refractivity contribution in [3.05, 3.63) is 29.8 Å². The molecule has 7 heteroatoms. The minimum absolute atomic E-state index is 0.0366. The number of rotatable bonds is 9. The molecule has 0 aliphatic heterocycles. The fourth-order valence-electron chi connectivity index (χ4n) is 1.73. The van der Waals surface area contributed by atoms with E-state index in [1.165, 1.54) is 37.1 Å². The summed E-state index contributed by atoms with van der Waals surface area (Å²) in [5, 5.41) is 11.4. The number of sulfone groups is 1. The lowest BCUT2D eigenvalue weighted by molar-refractivity contribution is 0.318. The van der Waals surface area contributed by atoms with Crippen LogP contribution >= 0.6 is 11.8 Å². The molecule has 0 aliphatic rings. The van der Waals surface area contributed by atoms with Gasteiger partial charge in [0.25, 0.3) is 0 Å². The van der Waals surface area contributed by atoms with Crippen LogP contribution in [0.1, 0.15) is 31.7 Å². The molecule has 1 rings (SSSR count). The Balaban J connectivity index is 2.54. The van der Waals surface area contributed by atoms with E-state index < -0.39 is 9.84 Å². The monoisotopic (exact) mass is 330 g/mol. The molecule has 0 radical (unpaired) electrons. The average Bonchev–Trinajstić information content (AvgIpc) is 2.50. The summed E-state index contributed by atoms with van der Waals surface area (Å²) < 4.78 is 24.3. The summed E-state index contributed by atoms with van der Waals surface area (Å²) >= 11 is 1.68. The zero-order valence-corrected chi connectivity index (χ0v) is 13.8. The smallest absolute Gasteiger partial charge is 0.179 e.